The summed E-state index contributed by atoms with van der Waals surface area (Å²) in [6.07, 6.45) is -0.249. The number of Topliss-reactive ketones (excluding diaryl/α,β-unsaturated/α-hetero) is 1. The van der Waals surface area contributed by atoms with E-state index in [1.54, 1.807) is 6.92 Å². The predicted octanol–water partition coefficient (Wildman–Crippen LogP) is 1.07. The van der Waals surface area contributed by atoms with Crippen molar-refractivity contribution in [2.45, 2.75) is 26.5 Å². The summed E-state index contributed by atoms with van der Waals surface area (Å²) in [6, 6.07) is 3.80. The highest BCUT2D eigenvalue weighted by Gasteiger charge is 2.15. The van der Waals surface area contributed by atoms with E-state index in [2.05, 4.69) is 16.8 Å². The second-order valence-electron chi connectivity index (χ2n) is 5.96. The Balaban J connectivity index is 1.66. The summed E-state index contributed by atoms with van der Waals surface area (Å²) in [7, 11) is 2.13. The summed E-state index contributed by atoms with van der Waals surface area (Å²) in [5.74, 6) is 0.773. The van der Waals surface area contributed by atoms with Crippen LogP contribution in [-0.4, -0.2) is 68.0 Å². The van der Waals surface area contributed by atoms with E-state index in [1.807, 2.05) is 12.1 Å². The second-order valence-corrected chi connectivity index (χ2v) is 5.96. The van der Waals surface area contributed by atoms with E-state index in [9.17, 15) is 9.59 Å². The van der Waals surface area contributed by atoms with Crippen LogP contribution in [0.5, 0.6) is 0 Å². The molecular formula is C17H26N2O5. The minimum atomic E-state index is -0.515. The molecular weight excluding hydrogens is 312 g/mol. The lowest BCUT2D eigenvalue weighted by molar-refractivity contribution is -0.146. The number of esters is 1. The van der Waals surface area contributed by atoms with Gasteiger partial charge < -0.3 is 18.8 Å². The zero-order chi connectivity index (χ0) is 17.4. The molecule has 0 spiro atoms. The number of furan rings is 1. The first-order valence-electron chi connectivity index (χ1n) is 8.30. The minimum Gasteiger partial charge on any atom is -0.466 e. The summed E-state index contributed by atoms with van der Waals surface area (Å²) in [6.45, 7) is 7.07. The van der Waals surface area contributed by atoms with Crippen molar-refractivity contribution in [2.75, 3.05) is 46.4 Å². The summed E-state index contributed by atoms with van der Waals surface area (Å²) in [5.41, 5.74) is 0. The van der Waals surface area contributed by atoms with Gasteiger partial charge in [0, 0.05) is 26.2 Å². The quantitative estimate of drug-likeness (QED) is 0.492. The van der Waals surface area contributed by atoms with E-state index in [0.717, 1.165) is 38.5 Å². The van der Waals surface area contributed by atoms with Gasteiger partial charge in [0.2, 0.25) is 0 Å². The Labute approximate surface area is 142 Å². The molecule has 2 heterocycles. The van der Waals surface area contributed by atoms with Crippen LogP contribution >= 0.6 is 0 Å². The van der Waals surface area contributed by atoms with Gasteiger partial charge in [0.15, 0.2) is 5.78 Å². The molecule has 0 unspecified atom stereocenters. The molecule has 2 rings (SSSR count). The molecule has 1 aromatic heterocycles. The average Bonchev–Trinajstić information content (AvgIpc) is 2.97. The van der Waals surface area contributed by atoms with Crippen molar-refractivity contribution >= 4 is 11.8 Å². The molecule has 7 nitrogen and oxygen atoms in total. The summed E-state index contributed by atoms with van der Waals surface area (Å²) >= 11 is 0. The predicted molar refractivity (Wildman–Crippen MR) is 87.4 cm³/mol. The summed E-state index contributed by atoms with van der Waals surface area (Å²) < 4.78 is 15.8. The molecule has 1 aromatic rings. The van der Waals surface area contributed by atoms with Crippen LogP contribution in [0.2, 0.25) is 0 Å². The van der Waals surface area contributed by atoms with Gasteiger partial charge >= 0.3 is 5.97 Å². The molecule has 0 saturated carbocycles. The molecule has 1 aliphatic heterocycles. The van der Waals surface area contributed by atoms with Crippen molar-refractivity contribution < 1.29 is 23.5 Å². The Hall–Kier alpha value is -1.70. The maximum absolute atomic E-state index is 11.5. The highest BCUT2D eigenvalue weighted by Crippen LogP contribution is 2.13. The SMILES string of the molecule is CCOC(=O)CC(=O)COCc1ccc(CN2CCN(C)CC2)o1. The lowest BCUT2D eigenvalue weighted by Gasteiger charge is -2.31. The molecule has 0 aromatic carbocycles. The molecule has 1 aliphatic rings. The van der Waals surface area contributed by atoms with Crippen LogP contribution in [0.3, 0.4) is 0 Å². The van der Waals surface area contributed by atoms with Crippen LogP contribution < -0.4 is 0 Å². The Bertz CT molecular complexity index is 535. The smallest absolute Gasteiger partial charge is 0.313 e. The Morgan fingerprint density at radius 2 is 1.88 bits per heavy atom. The van der Waals surface area contributed by atoms with Gasteiger partial charge in [-0.25, -0.2) is 0 Å². The van der Waals surface area contributed by atoms with Crippen LogP contribution in [0.25, 0.3) is 0 Å². The Kier molecular flexibility index (Phi) is 7.42. The standard InChI is InChI=1S/C17H26N2O5/c1-3-23-17(21)10-14(20)12-22-13-16-5-4-15(24-16)11-19-8-6-18(2)7-9-19/h4-5H,3,6-13H2,1-2H3. The van der Waals surface area contributed by atoms with Crippen LogP contribution in [-0.2, 0) is 32.2 Å². The van der Waals surface area contributed by atoms with Crippen LogP contribution in [0.15, 0.2) is 16.5 Å². The van der Waals surface area contributed by atoms with E-state index >= 15 is 0 Å². The van der Waals surface area contributed by atoms with E-state index in [4.69, 9.17) is 13.9 Å². The van der Waals surface area contributed by atoms with Crippen LogP contribution in [0.1, 0.15) is 24.9 Å². The maximum Gasteiger partial charge on any atom is 0.313 e. The van der Waals surface area contributed by atoms with Crippen LogP contribution in [0, 0.1) is 0 Å². The maximum atomic E-state index is 11.5. The van der Waals surface area contributed by atoms with E-state index in [0.29, 0.717) is 5.76 Å². The number of likely N-dealkylation sites (N-methyl/N-ethyl adjacent to an activating group) is 1. The fourth-order valence-corrected chi connectivity index (χ4v) is 2.50. The molecule has 1 saturated heterocycles. The van der Waals surface area contributed by atoms with Gasteiger partial charge in [-0.15, -0.1) is 0 Å². The van der Waals surface area contributed by atoms with Crippen LogP contribution in [0.4, 0.5) is 0 Å². The van der Waals surface area contributed by atoms with Crippen molar-refractivity contribution in [1.29, 1.82) is 0 Å². The van der Waals surface area contributed by atoms with Gasteiger partial charge in [0.1, 0.15) is 31.2 Å². The zero-order valence-corrected chi connectivity index (χ0v) is 14.5. The zero-order valence-electron chi connectivity index (χ0n) is 14.5. The molecule has 24 heavy (non-hydrogen) atoms. The summed E-state index contributed by atoms with van der Waals surface area (Å²) in [5, 5.41) is 0. The monoisotopic (exact) mass is 338 g/mol. The van der Waals surface area contributed by atoms with Gasteiger partial charge in [-0.3, -0.25) is 14.5 Å². The molecule has 1 fully saturated rings. The Morgan fingerprint density at radius 3 is 2.58 bits per heavy atom. The average molecular weight is 338 g/mol. The van der Waals surface area contributed by atoms with Gasteiger partial charge in [-0.05, 0) is 26.1 Å². The highest BCUT2D eigenvalue weighted by atomic mass is 16.5. The number of hydrogen-bond donors (Lipinski definition) is 0. The first-order chi connectivity index (χ1) is 11.6. The number of piperazine rings is 1. The third-order valence-electron chi connectivity index (χ3n) is 3.85. The lowest BCUT2D eigenvalue weighted by Crippen LogP contribution is -2.43. The van der Waals surface area contributed by atoms with Gasteiger partial charge in [0.25, 0.3) is 0 Å². The fourth-order valence-electron chi connectivity index (χ4n) is 2.50. The van der Waals surface area contributed by atoms with E-state index < -0.39 is 5.97 Å². The number of carbonyl (C=O) groups excluding carboxylic acids is 2. The third-order valence-corrected chi connectivity index (χ3v) is 3.85. The van der Waals surface area contributed by atoms with E-state index in [1.165, 1.54) is 0 Å². The minimum absolute atomic E-state index is 0.118. The second kappa shape index (κ2) is 9.56. The number of carbonyl (C=O) groups is 2. The van der Waals surface area contributed by atoms with Crippen molar-refractivity contribution in [3.63, 3.8) is 0 Å². The molecule has 0 bridgehead atoms. The normalized spacial score (nSPS) is 16.2. The Morgan fingerprint density at radius 1 is 1.17 bits per heavy atom. The van der Waals surface area contributed by atoms with Crippen molar-refractivity contribution in [3.8, 4) is 0 Å². The number of rotatable bonds is 9. The molecule has 134 valence electrons. The number of ether oxygens (including phenoxy) is 2. The number of ketones is 1. The van der Waals surface area contributed by atoms with Crippen molar-refractivity contribution in [1.82, 2.24) is 9.80 Å². The first kappa shape index (κ1) is 18.6. The molecule has 7 heteroatoms. The van der Waals surface area contributed by atoms with Gasteiger partial charge in [0.05, 0.1) is 13.2 Å². The van der Waals surface area contributed by atoms with Gasteiger partial charge in [-0.1, -0.05) is 0 Å². The lowest BCUT2D eigenvalue weighted by atomic mass is 10.3. The third kappa shape index (κ3) is 6.43. The molecule has 0 radical (unpaired) electrons. The molecule has 0 amide bonds. The summed E-state index contributed by atoms with van der Waals surface area (Å²) in [4.78, 5) is 27.4. The van der Waals surface area contributed by atoms with Crippen molar-refractivity contribution in [2.24, 2.45) is 0 Å². The topological polar surface area (TPSA) is 72.2 Å². The highest BCUT2D eigenvalue weighted by molar-refractivity contribution is 5.96. The number of nitrogens with zero attached hydrogens (tertiary/aromatic N) is 2. The largest absolute Gasteiger partial charge is 0.466 e. The first-order valence-corrected chi connectivity index (χ1v) is 8.30. The molecule has 0 N–H and O–H groups in total. The van der Waals surface area contributed by atoms with Gasteiger partial charge in [-0.2, -0.15) is 0 Å². The molecule has 0 atom stereocenters. The van der Waals surface area contributed by atoms with Crippen molar-refractivity contribution in [3.05, 3.63) is 23.7 Å². The molecule has 0 aliphatic carbocycles. The van der Waals surface area contributed by atoms with E-state index in [-0.39, 0.29) is 32.0 Å². The number of hydrogen-bond acceptors (Lipinski definition) is 7. The fraction of sp³-hybridized carbons (Fsp3) is 0.647.